The Morgan fingerprint density at radius 3 is 2.62 bits per heavy atom. The lowest BCUT2D eigenvalue weighted by Gasteiger charge is -2.15. The number of halogens is 1. The van der Waals surface area contributed by atoms with Crippen molar-refractivity contribution >= 4 is 5.91 Å². The van der Waals surface area contributed by atoms with E-state index in [9.17, 15) is 14.3 Å². The molecule has 2 heterocycles. The Hall–Kier alpha value is -3.15. The molecule has 0 radical (unpaired) electrons. The van der Waals surface area contributed by atoms with Crippen LogP contribution in [0.15, 0.2) is 60.8 Å². The number of likely N-dealkylation sites (tertiary alicyclic amines) is 1. The topological polar surface area (TPSA) is 58.4 Å². The van der Waals surface area contributed by atoms with Gasteiger partial charge in [0.05, 0.1) is 6.20 Å². The highest BCUT2D eigenvalue weighted by Gasteiger charge is 2.31. The Labute approximate surface area is 150 Å². The first-order valence-corrected chi connectivity index (χ1v) is 8.51. The summed E-state index contributed by atoms with van der Waals surface area (Å²) in [6, 6.07) is 16.1. The molecule has 132 valence electrons. The molecule has 3 aromatic rings. The average molecular weight is 351 g/mol. The van der Waals surface area contributed by atoms with Gasteiger partial charge >= 0.3 is 0 Å². The monoisotopic (exact) mass is 351 g/mol. The first-order chi connectivity index (χ1) is 12.6. The molecular weight excluding hydrogens is 333 g/mol. The van der Waals surface area contributed by atoms with Crippen molar-refractivity contribution in [2.45, 2.75) is 12.3 Å². The number of benzene rings is 2. The molecule has 0 aliphatic carbocycles. The van der Waals surface area contributed by atoms with E-state index in [0.717, 1.165) is 6.42 Å². The molecule has 1 aromatic heterocycles. The predicted molar refractivity (Wildman–Crippen MR) is 94.9 cm³/mol. The highest BCUT2D eigenvalue weighted by atomic mass is 19.1. The van der Waals surface area contributed by atoms with Gasteiger partial charge in [0.15, 0.2) is 11.4 Å². The van der Waals surface area contributed by atoms with Crippen molar-refractivity contribution in [1.82, 2.24) is 14.7 Å². The molecule has 1 fully saturated rings. The van der Waals surface area contributed by atoms with E-state index < -0.39 is 5.82 Å². The summed E-state index contributed by atoms with van der Waals surface area (Å²) in [7, 11) is 0. The summed E-state index contributed by atoms with van der Waals surface area (Å²) in [5.41, 5.74) is 1.33. The fourth-order valence-electron chi connectivity index (χ4n) is 3.37. The fourth-order valence-corrected chi connectivity index (χ4v) is 3.37. The van der Waals surface area contributed by atoms with Gasteiger partial charge in [0, 0.05) is 19.0 Å². The van der Waals surface area contributed by atoms with Gasteiger partial charge in [-0.2, -0.15) is 5.10 Å². The van der Waals surface area contributed by atoms with E-state index in [2.05, 4.69) is 17.2 Å². The number of hydrogen-bond donors (Lipinski definition) is 1. The van der Waals surface area contributed by atoms with Gasteiger partial charge in [-0.3, -0.25) is 4.79 Å². The molecule has 1 aliphatic heterocycles. The molecule has 0 bridgehead atoms. The summed E-state index contributed by atoms with van der Waals surface area (Å²) in [6.45, 7) is 1.18. The maximum atomic E-state index is 13.9. The van der Waals surface area contributed by atoms with Crippen LogP contribution in [0.2, 0.25) is 0 Å². The largest absolute Gasteiger partial charge is 0.504 e. The third-order valence-electron chi connectivity index (χ3n) is 4.74. The van der Waals surface area contributed by atoms with E-state index in [0.29, 0.717) is 13.1 Å². The summed E-state index contributed by atoms with van der Waals surface area (Å²) in [4.78, 5) is 14.5. The van der Waals surface area contributed by atoms with Crippen LogP contribution >= 0.6 is 0 Å². The van der Waals surface area contributed by atoms with Crippen molar-refractivity contribution in [2.24, 2.45) is 0 Å². The van der Waals surface area contributed by atoms with Gasteiger partial charge in [-0.05, 0) is 24.1 Å². The van der Waals surface area contributed by atoms with E-state index in [1.54, 1.807) is 17.0 Å². The Morgan fingerprint density at radius 1 is 1.12 bits per heavy atom. The number of nitrogens with zero attached hydrogens (tertiary/aromatic N) is 3. The van der Waals surface area contributed by atoms with Gasteiger partial charge in [0.2, 0.25) is 0 Å². The SMILES string of the molecule is O=C(c1nn(-c2ccccc2F)cc1O)N1CCC(c2ccccc2)C1. The van der Waals surface area contributed by atoms with Crippen molar-refractivity contribution in [3.8, 4) is 11.4 Å². The minimum Gasteiger partial charge on any atom is -0.504 e. The van der Waals surface area contributed by atoms with Gasteiger partial charge in [-0.25, -0.2) is 9.07 Å². The molecule has 1 unspecified atom stereocenters. The number of amides is 1. The third kappa shape index (κ3) is 2.94. The van der Waals surface area contributed by atoms with E-state index in [4.69, 9.17) is 0 Å². The number of aromatic hydroxyl groups is 1. The standard InChI is InChI=1S/C20H18FN3O2/c21-16-8-4-5-9-17(16)24-13-18(25)19(22-24)20(26)23-11-10-15(12-23)14-6-2-1-3-7-14/h1-9,13,15,25H,10-12H2. The van der Waals surface area contributed by atoms with Gasteiger partial charge in [-0.1, -0.05) is 42.5 Å². The van der Waals surface area contributed by atoms with Crippen molar-refractivity contribution in [3.05, 3.63) is 77.9 Å². The smallest absolute Gasteiger partial charge is 0.278 e. The molecule has 26 heavy (non-hydrogen) atoms. The predicted octanol–water partition coefficient (Wildman–Crippen LogP) is 3.35. The lowest BCUT2D eigenvalue weighted by Crippen LogP contribution is -2.29. The minimum atomic E-state index is -0.473. The Bertz CT molecular complexity index is 939. The number of rotatable bonds is 3. The second-order valence-corrected chi connectivity index (χ2v) is 6.41. The maximum Gasteiger partial charge on any atom is 0.278 e. The summed E-state index contributed by atoms with van der Waals surface area (Å²) < 4.78 is 15.1. The van der Waals surface area contributed by atoms with Crippen LogP contribution in [0.25, 0.3) is 5.69 Å². The van der Waals surface area contributed by atoms with E-state index in [-0.39, 0.29) is 29.0 Å². The van der Waals surface area contributed by atoms with E-state index in [1.165, 1.54) is 28.6 Å². The van der Waals surface area contributed by atoms with Gasteiger partial charge in [0.1, 0.15) is 11.5 Å². The van der Waals surface area contributed by atoms with Gasteiger partial charge in [0.25, 0.3) is 5.91 Å². The van der Waals surface area contributed by atoms with Crippen LogP contribution in [0.3, 0.4) is 0 Å². The second kappa shape index (κ2) is 6.63. The van der Waals surface area contributed by atoms with E-state index in [1.807, 2.05) is 18.2 Å². The summed E-state index contributed by atoms with van der Waals surface area (Å²) >= 11 is 0. The molecule has 1 amide bonds. The zero-order valence-electron chi connectivity index (χ0n) is 14.0. The minimum absolute atomic E-state index is 0.0537. The number of carbonyl (C=O) groups is 1. The zero-order valence-corrected chi connectivity index (χ0v) is 14.0. The zero-order chi connectivity index (χ0) is 18.1. The number of hydrogen-bond acceptors (Lipinski definition) is 3. The molecule has 4 rings (SSSR count). The van der Waals surface area contributed by atoms with Crippen LogP contribution in [-0.4, -0.2) is 38.8 Å². The summed E-state index contributed by atoms with van der Waals surface area (Å²) in [5, 5.41) is 14.3. The average Bonchev–Trinajstić information content (AvgIpc) is 3.29. The quantitative estimate of drug-likeness (QED) is 0.787. The molecule has 0 saturated carbocycles. The Balaban J connectivity index is 1.55. The molecule has 2 aromatic carbocycles. The van der Waals surface area contributed by atoms with Gasteiger partial charge < -0.3 is 10.0 Å². The van der Waals surface area contributed by atoms with Crippen molar-refractivity contribution in [3.63, 3.8) is 0 Å². The lowest BCUT2D eigenvalue weighted by molar-refractivity contribution is 0.0781. The molecule has 1 aliphatic rings. The summed E-state index contributed by atoms with van der Waals surface area (Å²) in [5.74, 6) is -0.785. The van der Waals surface area contributed by atoms with Crippen molar-refractivity contribution in [1.29, 1.82) is 0 Å². The Morgan fingerprint density at radius 2 is 1.85 bits per heavy atom. The van der Waals surface area contributed by atoms with Crippen LogP contribution in [0, 0.1) is 5.82 Å². The van der Waals surface area contributed by atoms with Crippen molar-refractivity contribution < 1.29 is 14.3 Å². The first-order valence-electron chi connectivity index (χ1n) is 8.51. The molecule has 5 nitrogen and oxygen atoms in total. The van der Waals surface area contributed by atoms with Crippen LogP contribution in [0.4, 0.5) is 4.39 Å². The molecule has 6 heteroatoms. The van der Waals surface area contributed by atoms with Gasteiger partial charge in [-0.15, -0.1) is 0 Å². The second-order valence-electron chi connectivity index (χ2n) is 6.41. The molecule has 1 saturated heterocycles. The van der Waals surface area contributed by atoms with Crippen LogP contribution in [0.5, 0.6) is 5.75 Å². The molecule has 0 spiro atoms. The number of carbonyl (C=O) groups excluding carboxylic acids is 1. The molecule has 1 atom stereocenters. The highest BCUT2D eigenvalue weighted by molar-refractivity contribution is 5.95. The third-order valence-corrected chi connectivity index (χ3v) is 4.74. The normalized spacial score (nSPS) is 16.8. The highest BCUT2D eigenvalue weighted by Crippen LogP contribution is 2.29. The fraction of sp³-hybridized carbons (Fsp3) is 0.200. The van der Waals surface area contributed by atoms with Crippen LogP contribution in [-0.2, 0) is 0 Å². The Kier molecular flexibility index (Phi) is 4.16. The number of para-hydroxylation sites is 1. The van der Waals surface area contributed by atoms with Crippen LogP contribution < -0.4 is 0 Å². The van der Waals surface area contributed by atoms with Crippen molar-refractivity contribution in [2.75, 3.05) is 13.1 Å². The van der Waals surface area contributed by atoms with E-state index >= 15 is 0 Å². The van der Waals surface area contributed by atoms with Crippen LogP contribution in [0.1, 0.15) is 28.4 Å². The first kappa shape index (κ1) is 16.3. The lowest BCUT2D eigenvalue weighted by atomic mass is 9.99. The molecule has 1 N–H and O–H groups in total. The number of aromatic nitrogens is 2. The molecular formula is C20H18FN3O2. The summed E-state index contributed by atoms with van der Waals surface area (Å²) in [6.07, 6.45) is 2.13. The maximum absolute atomic E-state index is 13.9.